The van der Waals surface area contributed by atoms with Gasteiger partial charge in [0.15, 0.2) is 0 Å². The molecular formula is C24H29N3O11. The van der Waals surface area contributed by atoms with E-state index in [1.807, 2.05) is 0 Å². The highest BCUT2D eigenvalue weighted by molar-refractivity contribution is 6.01. The molecule has 0 saturated heterocycles. The fraction of sp³-hybridized carbons (Fsp3) is 0.417. The quantitative estimate of drug-likeness (QED) is 0.116. The summed E-state index contributed by atoms with van der Waals surface area (Å²) in [5.74, 6) is -3.00. The first-order valence-corrected chi connectivity index (χ1v) is 11.3. The zero-order chi connectivity index (χ0) is 28.6. The van der Waals surface area contributed by atoms with Crippen LogP contribution in [0.1, 0.15) is 39.2 Å². The number of nitro benzene ring substituents is 1. The molecule has 14 nitrogen and oxygen atoms in total. The number of methoxy groups -OCH3 is 1. The number of nitrogens with zero attached hydrogens (tertiary/aromatic N) is 2. The molecule has 1 aromatic rings. The molecule has 38 heavy (non-hydrogen) atoms. The van der Waals surface area contributed by atoms with Crippen LogP contribution in [0.25, 0.3) is 0 Å². The molecule has 0 bridgehead atoms. The summed E-state index contributed by atoms with van der Waals surface area (Å²) in [6.07, 6.45) is -2.87. The summed E-state index contributed by atoms with van der Waals surface area (Å²) in [7, 11) is 1.41. The Bertz CT molecular complexity index is 1170. The molecule has 2 N–H and O–H groups in total. The van der Waals surface area contributed by atoms with E-state index in [2.05, 4.69) is 4.74 Å². The number of nitro groups is 1. The first kappa shape index (κ1) is 29.8. The molecule has 2 rings (SSSR count). The molecule has 0 aromatic heterocycles. The van der Waals surface area contributed by atoms with Crippen molar-refractivity contribution in [3.05, 3.63) is 62.5 Å². The van der Waals surface area contributed by atoms with Crippen molar-refractivity contribution in [2.45, 2.75) is 39.7 Å². The van der Waals surface area contributed by atoms with Gasteiger partial charge in [-0.3, -0.25) is 15.0 Å². The molecule has 1 heterocycles. The van der Waals surface area contributed by atoms with Crippen LogP contribution in [0.5, 0.6) is 0 Å². The van der Waals surface area contributed by atoms with Crippen molar-refractivity contribution < 1.29 is 47.8 Å². The Kier molecular flexibility index (Phi) is 10.3. The van der Waals surface area contributed by atoms with E-state index >= 15 is 0 Å². The Morgan fingerprint density at radius 2 is 1.66 bits per heavy atom. The molecule has 0 aliphatic carbocycles. The number of hydrogen-bond acceptors (Lipinski definition) is 11. The highest BCUT2D eigenvalue weighted by atomic mass is 16.7. The molecular weight excluding hydrogens is 506 g/mol. The maximum Gasteiger partial charge on any atom is 0.421 e. The van der Waals surface area contributed by atoms with Crippen LogP contribution in [0, 0.1) is 10.1 Å². The van der Waals surface area contributed by atoms with E-state index in [4.69, 9.17) is 24.7 Å². The van der Waals surface area contributed by atoms with E-state index in [0.29, 0.717) is 0 Å². The fourth-order valence-electron chi connectivity index (χ4n) is 3.79. The number of nitrogens with two attached hydrogens (primary N) is 1. The van der Waals surface area contributed by atoms with Gasteiger partial charge in [-0.15, -0.1) is 0 Å². The lowest BCUT2D eigenvalue weighted by Crippen LogP contribution is -2.39. The maximum absolute atomic E-state index is 13.4. The third kappa shape index (κ3) is 7.06. The van der Waals surface area contributed by atoms with Crippen LogP contribution in [-0.2, 0) is 33.3 Å². The number of carbonyl (C=O) groups excluding carboxylic acids is 4. The number of carbonyl (C=O) groups is 4. The molecule has 2 amide bonds. The number of allylic oxidation sites excluding steroid dienone is 2. The number of amides is 2. The number of hydrogen-bond donors (Lipinski definition) is 1. The average molecular weight is 536 g/mol. The van der Waals surface area contributed by atoms with Crippen LogP contribution >= 0.6 is 0 Å². The number of primary amides is 1. The maximum atomic E-state index is 13.4. The largest absolute Gasteiger partial charge is 0.460 e. The van der Waals surface area contributed by atoms with E-state index in [0.717, 1.165) is 4.90 Å². The Labute approximate surface area is 218 Å². The SMILES string of the molecule is COCCOC(=O)C1=C(C)N(C(=O)OCOC(N)=O)C(C)=C(C(=O)OC(C)C)C1c1cccc([N+](=O)[O-])c1. The zero-order valence-electron chi connectivity index (χ0n) is 21.5. The lowest BCUT2D eigenvalue weighted by Gasteiger charge is -2.36. The van der Waals surface area contributed by atoms with Gasteiger partial charge in [0, 0.05) is 30.6 Å². The Morgan fingerprint density at radius 1 is 1.03 bits per heavy atom. The van der Waals surface area contributed by atoms with E-state index in [1.165, 1.54) is 45.2 Å². The molecule has 0 saturated carbocycles. The minimum atomic E-state index is -1.21. The molecule has 206 valence electrons. The van der Waals surface area contributed by atoms with Gasteiger partial charge in [0.25, 0.3) is 5.69 Å². The van der Waals surface area contributed by atoms with Crippen LogP contribution in [0.4, 0.5) is 15.3 Å². The van der Waals surface area contributed by atoms with Crippen LogP contribution < -0.4 is 5.73 Å². The van der Waals surface area contributed by atoms with Gasteiger partial charge in [0.05, 0.1) is 34.7 Å². The lowest BCUT2D eigenvalue weighted by molar-refractivity contribution is -0.384. The van der Waals surface area contributed by atoms with E-state index in [9.17, 15) is 29.3 Å². The van der Waals surface area contributed by atoms with Crippen LogP contribution in [0.2, 0.25) is 0 Å². The van der Waals surface area contributed by atoms with Crippen molar-refractivity contribution >= 4 is 29.8 Å². The summed E-state index contributed by atoms with van der Waals surface area (Å²) in [4.78, 5) is 62.3. The third-order valence-corrected chi connectivity index (χ3v) is 5.31. The van der Waals surface area contributed by atoms with Crippen molar-refractivity contribution in [2.75, 3.05) is 27.1 Å². The zero-order valence-corrected chi connectivity index (χ0v) is 21.5. The van der Waals surface area contributed by atoms with Gasteiger partial charge in [-0.05, 0) is 33.3 Å². The smallest absolute Gasteiger partial charge is 0.421 e. The summed E-state index contributed by atoms with van der Waals surface area (Å²) in [6.45, 7) is 5.10. The number of rotatable bonds is 10. The Balaban J connectivity index is 2.77. The third-order valence-electron chi connectivity index (χ3n) is 5.31. The van der Waals surface area contributed by atoms with Crippen molar-refractivity contribution in [3.63, 3.8) is 0 Å². The van der Waals surface area contributed by atoms with E-state index in [-0.39, 0.29) is 47.0 Å². The molecule has 0 fully saturated rings. The second-order valence-corrected chi connectivity index (χ2v) is 8.19. The van der Waals surface area contributed by atoms with Crippen molar-refractivity contribution in [2.24, 2.45) is 5.73 Å². The normalized spacial score (nSPS) is 15.3. The number of esters is 2. The van der Waals surface area contributed by atoms with Gasteiger partial charge in [-0.2, -0.15) is 0 Å². The number of benzene rings is 1. The molecule has 1 unspecified atom stereocenters. The number of non-ortho nitro benzene ring substituents is 1. The predicted molar refractivity (Wildman–Crippen MR) is 129 cm³/mol. The average Bonchev–Trinajstić information content (AvgIpc) is 2.83. The Hall–Kier alpha value is -4.46. The highest BCUT2D eigenvalue weighted by Gasteiger charge is 2.43. The molecule has 1 aliphatic heterocycles. The molecule has 1 aliphatic rings. The molecule has 0 radical (unpaired) electrons. The lowest BCUT2D eigenvalue weighted by atomic mass is 9.79. The monoisotopic (exact) mass is 535 g/mol. The summed E-state index contributed by atoms with van der Waals surface area (Å²) in [6, 6.07) is 5.37. The second kappa shape index (κ2) is 13.2. The highest BCUT2D eigenvalue weighted by Crippen LogP contribution is 2.44. The minimum Gasteiger partial charge on any atom is -0.460 e. The van der Waals surface area contributed by atoms with E-state index in [1.54, 1.807) is 13.8 Å². The van der Waals surface area contributed by atoms with E-state index < -0.39 is 47.9 Å². The van der Waals surface area contributed by atoms with Crippen LogP contribution in [0.3, 0.4) is 0 Å². The molecule has 14 heteroatoms. The fourth-order valence-corrected chi connectivity index (χ4v) is 3.79. The summed E-state index contributed by atoms with van der Waals surface area (Å²) < 4.78 is 25.0. The summed E-state index contributed by atoms with van der Waals surface area (Å²) >= 11 is 0. The summed E-state index contributed by atoms with van der Waals surface area (Å²) in [5.41, 5.74) is 4.51. The molecule has 0 spiro atoms. The van der Waals surface area contributed by atoms with Crippen molar-refractivity contribution in [3.8, 4) is 0 Å². The van der Waals surface area contributed by atoms with Gasteiger partial charge in [-0.1, -0.05) is 12.1 Å². The first-order valence-electron chi connectivity index (χ1n) is 11.3. The molecule has 1 atom stereocenters. The van der Waals surface area contributed by atoms with Gasteiger partial charge >= 0.3 is 24.1 Å². The Morgan fingerprint density at radius 3 is 2.21 bits per heavy atom. The van der Waals surface area contributed by atoms with Crippen LogP contribution in [-0.4, -0.2) is 67.2 Å². The van der Waals surface area contributed by atoms with Crippen molar-refractivity contribution in [1.29, 1.82) is 0 Å². The van der Waals surface area contributed by atoms with Crippen molar-refractivity contribution in [1.82, 2.24) is 4.90 Å². The minimum absolute atomic E-state index is 0.00611. The topological polar surface area (TPSA) is 187 Å². The standard InChI is InChI=1S/C24H29N3O11/c1-13(2)38-22(29)19-15(4)26(24(31)37-12-36-23(25)30)14(3)18(21(28)35-10-9-34-5)20(19)16-7-6-8-17(11-16)27(32)33/h6-8,11,13,20H,9-10,12H2,1-5H3,(H2,25,30). The second-order valence-electron chi connectivity index (χ2n) is 8.19. The van der Waals surface area contributed by atoms with Crippen LogP contribution in [0.15, 0.2) is 46.8 Å². The van der Waals surface area contributed by atoms with Gasteiger partial charge in [0.2, 0.25) is 6.79 Å². The first-order chi connectivity index (χ1) is 17.9. The number of ether oxygens (including phenoxy) is 5. The van der Waals surface area contributed by atoms with Gasteiger partial charge in [0.1, 0.15) is 6.61 Å². The van der Waals surface area contributed by atoms with Gasteiger partial charge < -0.3 is 29.4 Å². The predicted octanol–water partition coefficient (Wildman–Crippen LogP) is 2.87. The van der Waals surface area contributed by atoms with Gasteiger partial charge in [-0.25, -0.2) is 19.2 Å². The summed E-state index contributed by atoms with van der Waals surface area (Å²) in [5, 5.41) is 11.5. The molecule has 1 aromatic carbocycles.